The molecule has 0 bridgehead atoms. The third-order valence-electron chi connectivity index (χ3n) is 4.17. The van der Waals surface area contributed by atoms with E-state index < -0.39 is 5.97 Å². The van der Waals surface area contributed by atoms with Crippen molar-refractivity contribution >= 4 is 12.0 Å². The zero-order chi connectivity index (χ0) is 19.9. The Morgan fingerprint density at radius 2 is 1.86 bits per heavy atom. The number of hydrogen-bond donors (Lipinski definition) is 0. The fourth-order valence-electron chi connectivity index (χ4n) is 2.85. The Morgan fingerprint density at radius 1 is 1.14 bits per heavy atom. The third-order valence-corrected chi connectivity index (χ3v) is 4.17. The first-order valence-corrected chi connectivity index (χ1v) is 8.61. The number of benzene rings is 2. The van der Waals surface area contributed by atoms with Crippen LogP contribution in [0.5, 0.6) is 5.75 Å². The molecule has 0 fully saturated rings. The molecule has 0 unspecified atom stereocenters. The molecular formula is C22H19N3O3. The van der Waals surface area contributed by atoms with Crippen LogP contribution in [0.15, 0.2) is 66.4 Å². The summed E-state index contributed by atoms with van der Waals surface area (Å²) in [5.74, 6) is -0.0389. The van der Waals surface area contributed by atoms with Crippen molar-refractivity contribution in [1.29, 1.82) is 5.26 Å². The number of esters is 1. The lowest BCUT2D eigenvalue weighted by Gasteiger charge is -2.07. The molecule has 0 saturated heterocycles. The summed E-state index contributed by atoms with van der Waals surface area (Å²) in [6, 6.07) is 19.3. The van der Waals surface area contributed by atoms with Crippen LogP contribution in [0, 0.1) is 11.3 Å². The van der Waals surface area contributed by atoms with E-state index in [1.807, 2.05) is 60.7 Å². The van der Waals surface area contributed by atoms with Gasteiger partial charge in [0.1, 0.15) is 23.1 Å². The van der Waals surface area contributed by atoms with Crippen LogP contribution in [0.4, 0.5) is 0 Å². The maximum atomic E-state index is 11.9. The van der Waals surface area contributed by atoms with Crippen LogP contribution >= 0.6 is 0 Å². The largest absolute Gasteiger partial charge is 0.496 e. The third kappa shape index (κ3) is 4.10. The Labute approximate surface area is 163 Å². The maximum absolute atomic E-state index is 11.9. The van der Waals surface area contributed by atoms with Gasteiger partial charge in [-0.3, -0.25) is 4.68 Å². The molecule has 1 aromatic heterocycles. The van der Waals surface area contributed by atoms with Crippen molar-refractivity contribution in [2.24, 2.45) is 0 Å². The molecule has 1 heterocycles. The molecule has 6 heteroatoms. The molecular weight excluding hydrogens is 354 g/mol. The molecule has 0 radical (unpaired) electrons. The van der Waals surface area contributed by atoms with E-state index in [0.29, 0.717) is 23.6 Å². The van der Waals surface area contributed by atoms with E-state index in [-0.39, 0.29) is 5.57 Å². The second-order valence-electron chi connectivity index (χ2n) is 5.98. The number of ether oxygens (including phenoxy) is 2. The first-order valence-electron chi connectivity index (χ1n) is 8.61. The zero-order valence-electron chi connectivity index (χ0n) is 15.6. The zero-order valence-corrected chi connectivity index (χ0v) is 15.6. The van der Waals surface area contributed by atoms with Crippen LogP contribution in [0.25, 0.3) is 17.3 Å². The second kappa shape index (κ2) is 8.69. The minimum absolute atomic E-state index is 0.0992. The van der Waals surface area contributed by atoms with Gasteiger partial charge in [-0.25, -0.2) is 4.79 Å². The number of para-hydroxylation sites is 1. The lowest BCUT2D eigenvalue weighted by Crippen LogP contribution is -2.02. The molecule has 6 nitrogen and oxygen atoms in total. The topological polar surface area (TPSA) is 77.1 Å². The summed E-state index contributed by atoms with van der Waals surface area (Å²) in [4.78, 5) is 11.9. The van der Waals surface area contributed by atoms with Gasteiger partial charge < -0.3 is 9.47 Å². The number of carbonyl (C=O) groups excluding carboxylic acids is 1. The Bertz CT molecular complexity index is 1050. The lowest BCUT2D eigenvalue weighted by molar-refractivity contribution is -0.135. The highest BCUT2D eigenvalue weighted by atomic mass is 16.5. The summed E-state index contributed by atoms with van der Waals surface area (Å²) in [5, 5.41) is 14.0. The number of rotatable bonds is 6. The van der Waals surface area contributed by atoms with Crippen LogP contribution in [0.2, 0.25) is 0 Å². The van der Waals surface area contributed by atoms with E-state index in [4.69, 9.17) is 4.74 Å². The van der Waals surface area contributed by atoms with Gasteiger partial charge in [0.25, 0.3) is 0 Å². The van der Waals surface area contributed by atoms with Crippen molar-refractivity contribution in [3.63, 3.8) is 0 Å². The molecule has 0 saturated carbocycles. The molecule has 0 aliphatic rings. The van der Waals surface area contributed by atoms with Gasteiger partial charge in [-0.15, -0.1) is 0 Å². The van der Waals surface area contributed by atoms with Gasteiger partial charge in [-0.05, 0) is 23.8 Å². The van der Waals surface area contributed by atoms with Gasteiger partial charge in [0.2, 0.25) is 0 Å². The Morgan fingerprint density at radius 3 is 2.54 bits per heavy atom. The van der Waals surface area contributed by atoms with Crippen LogP contribution < -0.4 is 4.74 Å². The highest BCUT2D eigenvalue weighted by molar-refractivity contribution is 5.98. The molecule has 3 aromatic rings. The van der Waals surface area contributed by atoms with Crippen molar-refractivity contribution < 1.29 is 14.3 Å². The predicted molar refractivity (Wildman–Crippen MR) is 105 cm³/mol. The first kappa shape index (κ1) is 18.9. The van der Waals surface area contributed by atoms with Crippen molar-refractivity contribution in [2.45, 2.75) is 6.54 Å². The molecule has 0 atom stereocenters. The Kier molecular flexibility index (Phi) is 5.87. The summed E-state index contributed by atoms with van der Waals surface area (Å²) in [6.07, 6.45) is 3.29. The van der Waals surface area contributed by atoms with E-state index in [1.165, 1.54) is 13.2 Å². The minimum atomic E-state index is -0.690. The summed E-state index contributed by atoms with van der Waals surface area (Å²) < 4.78 is 11.9. The van der Waals surface area contributed by atoms with Crippen molar-refractivity contribution in [2.75, 3.05) is 14.2 Å². The summed E-state index contributed by atoms with van der Waals surface area (Å²) in [5.41, 5.74) is 3.00. The summed E-state index contributed by atoms with van der Waals surface area (Å²) in [6.45, 7) is 0.553. The Balaban J connectivity index is 2.12. The van der Waals surface area contributed by atoms with E-state index in [2.05, 4.69) is 9.84 Å². The number of methoxy groups -OCH3 is 2. The van der Waals surface area contributed by atoms with E-state index in [9.17, 15) is 10.1 Å². The van der Waals surface area contributed by atoms with Gasteiger partial charge in [-0.2, -0.15) is 10.4 Å². The van der Waals surface area contributed by atoms with Gasteiger partial charge >= 0.3 is 5.97 Å². The standard InChI is InChI=1S/C22H19N3O3/c1-27-20-11-7-6-10-19(20)21-18(12-17(13-23)22(26)28-2)15-25(24-21)14-16-8-4-3-5-9-16/h3-12,15H,14H2,1-2H3/b17-12+. The van der Waals surface area contributed by atoms with Crippen molar-refractivity contribution in [3.05, 3.63) is 77.5 Å². The number of carbonyl (C=O) groups is 1. The van der Waals surface area contributed by atoms with E-state index in [0.717, 1.165) is 11.1 Å². The molecule has 0 aliphatic heterocycles. The highest BCUT2D eigenvalue weighted by Gasteiger charge is 2.17. The molecule has 0 amide bonds. The molecule has 0 spiro atoms. The van der Waals surface area contributed by atoms with Gasteiger partial charge in [0.05, 0.1) is 20.8 Å². The van der Waals surface area contributed by atoms with Crippen molar-refractivity contribution in [1.82, 2.24) is 9.78 Å². The number of hydrogen-bond acceptors (Lipinski definition) is 5. The number of aromatic nitrogens is 2. The maximum Gasteiger partial charge on any atom is 0.348 e. The molecule has 2 aromatic carbocycles. The van der Waals surface area contributed by atoms with E-state index in [1.54, 1.807) is 18.0 Å². The lowest BCUT2D eigenvalue weighted by atomic mass is 10.1. The van der Waals surface area contributed by atoms with Crippen molar-refractivity contribution in [3.8, 4) is 23.1 Å². The predicted octanol–water partition coefficient (Wildman–Crippen LogP) is 3.69. The number of nitrogens with zero attached hydrogens (tertiary/aromatic N) is 3. The second-order valence-corrected chi connectivity index (χ2v) is 5.98. The average molecular weight is 373 g/mol. The van der Waals surface area contributed by atoms with Crippen LogP contribution in [-0.4, -0.2) is 30.0 Å². The monoisotopic (exact) mass is 373 g/mol. The number of nitriles is 1. The average Bonchev–Trinajstić information content (AvgIpc) is 3.14. The van der Waals surface area contributed by atoms with Crippen LogP contribution in [0.1, 0.15) is 11.1 Å². The summed E-state index contributed by atoms with van der Waals surface area (Å²) in [7, 11) is 2.83. The molecule has 0 aliphatic carbocycles. The Hall–Kier alpha value is -3.85. The SMILES string of the molecule is COC(=O)/C(C#N)=C/c1cn(Cc2ccccc2)nc1-c1ccccc1OC. The van der Waals surface area contributed by atoms with Gasteiger partial charge in [-0.1, -0.05) is 42.5 Å². The smallest absolute Gasteiger partial charge is 0.348 e. The van der Waals surface area contributed by atoms with Gasteiger partial charge in [0.15, 0.2) is 0 Å². The summed E-state index contributed by atoms with van der Waals surface area (Å²) >= 11 is 0. The quantitative estimate of drug-likeness (QED) is 0.374. The molecule has 3 rings (SSSR count). The first-order chi connectivity index (χ1) is 13.7. The normalized spacial score (nSPS) is 11.0. The van der Waals surface area contributed by atoms with E-state index >= 15 is 0 Å². The minimum Gasteiger partial charge on any atom is -0.496 e. The molecule has 140 valence electrons. The fourth-order valence-corrected chi connectivity index (χ4v) is 2.85. The fraction of sp³-hybridized carbons (Fsp3) is 0.136. The van der Waals surface area contributed by atoms with Crippen LogP contribution in [0.3, 0.4) is 0 Å². The van der Waals surface area contributed by atoms with Crippen LogP contribution in [-0.2, 0) is 16.1 Å². The molecule has 0 N–H and O–H groups in total. The van der Waals surface area contributed by atoms with Gasteiger partial charge in [0, 0.05) is 17.3 Å². The highest BCUT2D eigenvalue weighted by Crippen LogP contribution is 2.32. The molecule has 28 heavy (non-hydrogen) atoms.